The first kappa shape index (κ1) is 14.5. The summed E-state index contributed by atoms with van der Waals surface area (Å²) >= 11 is 0. The van der Waals surface area contributed by atoms with Crippen molar-refractivity contribution in [2.75, 3.05) is 11.4 Å². The van der Waals surface area contributed by atoms with Crippen LogP contribution in [0.1, 0.15) is 40.9 Å². The molecule has 5 nitrogen and oxygen atoms in total. The van der Waals surface area contributed by atoms with Gasteiger partial charge in [-0.15, -0.1) is 0 Å². The summed E-state index contributed by atoms with van der Waals surface area (Å²) in [5, 5.41) is 8.89. The molecule has 3 rings (SSSR count). The van der Waals surface area contributed by atoms with Gasteiger partial charge in [0.05, 0.1) is 12.4 Å². The topological polar surface area (TPSA) is 66.3 Å². The highest BCUT2D eigenvalue weighted by molar-refractivity contribution is 5.84. The Labute approximate surface area is 129 Å². The molecule has 114 valence electrons. The van der Waals surface area contributed by atoms with E-state index in [1.807, 2.05) is 0 Å². The largest absolute Gasteiger partial charge is 0.476 e. The third kappa shape index (κ3) is 2.79. The van der Waals surface area contributed by atoms with E-state index in [1.165, 1.54) is 17.3 Å². The van der Waals surface area contributed by atoms with Gasteiger partial charge in [0.1, 0.15) is 5.82 Å². The quantitative estimate of drug-likeness (QED) is 0.943. The predicted octanol–water partition coefficient (Wildman–Crippen LogP) is 2.87. The Morgan fingerprint density at radius 2 is 1.95 bits per heavy atom. The minimum absolute atomic E-state index is 0.0225. The van der Waals surface area contributed by atoms with Crippen molar-refractivity contribution in [1.82, 2.24) is 9.97 Å². The van der Waals surface area contributed by atoms with Crippen LogP contribution in [-0.4, -0.2) is 33.6 Å². The third-order valence-corrected chi connectivity index (χ3v) is 4.28. The van der Waals surface area contributed by atoms with E-state index in [9.17, 15) is 4.79 Å². The van der Waals surface area contributed by atoms with Gasteiger partial charge in [-0.05, 0) is 25.8 Å². The zero-order valence-electron chi connectivity index (χ0n) is 12.7. The maximum atomic E-state index is 10.8. The monoisotopic (exact) mass is 297 g/mol. The fraction of sp³-hybridized carbons (Fsp3) is 0.353. The Bertz CT molecular complexity index is 667. The minimum atomic E-state index is -1.05. The summed E-state index contributed by atoms with van der Waals surface area (Å²) in [6, 6.07) is 9.02. The van der Waals surface area contributed by atoms with E-state index in [0.717, 1.165) is 18.8 Å². The molecule has 0 amide bonds. The molecule has 1 fully saturated rings. The number of hydrogen-bond donors (Lipinski definition) is 1. The van der Waals surface area contributed by atoms with Gasteiger partial charge in [0.25, 0.3) is 0 Å². The average molecular weight is 297 g/mol. The highest BCUT2D eigenvalue weighted by Gasteiger charge is 2.31. The SMILES string of the molecule is Cc1ccc(C2CC(C)N(c3cnc(C(=O)O)cn3)C2)cc1. The molecule has 2 atom stereocenters. The van der Waals surface area contributed by atoms with Crippen molar-refractivity contribution < 1.29 is 9.90 Å². The van der Waals surface area contributed by atoms with Crippen LogP contribution in [0.4, 0.5) is 5.82 Å². The fourth-order valence-electron chi connectivity index (χ4n) is 3.01. The zero-order valence-corrected chi connectivity index (χ0v) is 12.7. The van der Waals surface area contributed by atoms with Crippen molar-refractivity contribution in [2.24, 2.45) is 0 Å². The first-order chi connectivity index (χ1) is 10.5. The van der Waals surface area contributed by atoms with E-state index < -0.39 is 5.97 Å². The third-order valence-electron chi connectivity index (χ3n) is 4.28. The molecule has 2 aromatic rings. The molecule has 1 aromatic carbocycles. The molecule has 1 aromatic heterocycles. The van der Waals surface area contributed by atoms with Gasteiger partial charge in [-0.3, -0.25) is 0 Å². The van der Waals surface area contributed by atoms with Gasteiger partial charge in [-0.25, -0.2) is 14.8 Å². The summed E-state index contributed by atoms with van der Waals surface area (Å²) in [4.78, 5) is 21.3. The second kappa shape index (κ2) is 5.75. The Kier molecular flexibility index (Phi) is 3.79. The molecule has 1 aliphatic rings. The maximum Gasteiger partial charge on any atom is 0.356 e. The first-order valence-electron chi connectivity index (χ1n) is 7.43. The standard InChI is InChI=1S/C17H19N3O2/c1-11-3-5-13(6-4-11)14-7-12(2)20(10-14)16-9-18-15(8-19-16)17(21)22/h3-6,8-9,12,14H,7,10H2,1-2H3,(H,21,22). The lowest BCUT2D eigenvalue weighted by atomic mass is 9.96. The number of aryl methyl sites for hydroxylation is 1. The van der Waals surface area contributed by atoms with Gasteiger partial charge in [-0.2, -0.15) is 0 Å². The number of carboxylic acids is 1. The normalized spacial score (nSPS) is 21.1. The number of carboxylic acid groups (broad SMARTS) is 1. The van der Waals surface area contributed by atoms with Gasteiger partial charge < -0.3 is 10.0 Å². The lowest BCUT2D eigenvalue weighted by molar-refractivity contribution is 0.0690. The number of carbonyl (C=O) groups is 1. The van der Waals surface area contributed by atoms with E-state index in [1.54, 1.807) is 6.20 Å². The highest BCUT2D eigenvalue weighted by Crippen LogP contribution is 2.34. The first-order valence-corrected chi connectivity index (χ1v) is 7.43. The molecule has 2 heterocycles. The number of aromatic nitrogens is 2. The van der Waals surface area contributed by atoms with Gasteiger partial charge in [0, 0.05) is 18.5 Å². The number of hydrogen-bond acceptors (Lipinski definition) is 4. The van der Waals surface area contributed by atoms with Crippen molar-refractivity contribution in [3.05, 3.63) is 53.5 Å². The molecule has 1 aliphatic heterocycles. The van der Waals surface area contributed by atoms with Crippen LogP contribution in [0.15, 0.2) is 36.7 Å². The predicted molar refractivity (Wildman–Crippen MR) is 84.3 cm³/mol. The molecule has 0 spiro atoms. The van der Waals surface area contributed by atoms with E-state index in [4.69, 9.17) is 5.11 Å². The van der Waals surface area contributed by atoms with Crippen LogP contribution in [0.3, 0.4) is 0 Å². The molecule has 1 N–H and O–H groups in total. The summed E-state index contributed by atoms with van der Waals surface area (Å²) in [7, 11) is 0. The van der Waals surface area contributed by atoms with E-state index in [2.05, 4.69) is 53.0 Å². The number of anilines is 1. The summed E-state index contributed by atoms with van der Waals surface area (Å²) in [5.74, 6) is 0.162. The number of benzene rings is 1. The molecule has 0 bridgehead atoms. The Morgan fingerprint density at radius 3 is 2.55 bits per heavy atom. The molecular weight excluding hydrogens is 278 g/mol. The summed E-state index contributed by atoms with van der Waals surface area (Å²) in [5.41, 5.74) is 2.59. The van der Waals surface area contributed by atoms with Gasteiger partial charge in [-0.1, -0.05) is 29.8 Å². The fourth-order valence-corrected chi connectivity index (χ4v) is 3.01. The summed E-state index contributed by atoms with van der Waals surface area (Å²) in [6.45, 7) is 5.14. The summed E-state index contributed by atoms with van der Waals surface area (Å²) < 4.78 is 0. The molecular formula is C17H19N3O2. The van der Waals surface area contributed by atoms with Crippen LogP contribution in [0, 0.1) is 6.92 Å². The van der Waals surface area contributed by atoms with Gasteiger partial charge >= 0.3 is 5.97 Å². The molecule has 0 aliphatic carbocycles. The molecule has 0 radical (unpaired) electrons. The van der Waals surface area contributed by atoms with Crippen LogP contribution < -0.4 is 4.90 Å². The number of rotatable bonds is 3. The van der Waals surface area contributed by atoms with Crippen molar-refractivity contribution in [3.63, 3.8) is 0 Å². The minimum Gasteiger partial charge on any atom is -0.476 e. The summed E-state index contributed by atoms with van der Waals surface area (Å²) in [6.07, 6.45) is 3.94. The Balaban J connectivity index is 1.78. The van der Waals surface area contributed by atoms with Gasteiger partial charge in [0.15, 0.2) is 5.69 Å². The average Bonchev–Trinajstić information content (AvgIpc) is 2.90. The molecule has 2 unspecified atom stereocenters. The van der Waals surface area contributed by atoms with Gasteiger partial charge in [0.2, 0.25) is 0 Å². The Hall–Kier alpha value is -2.43. The molecule has 22 heavy (non-hydrogen) atoms. The zero-order chi connectivity index (χ0) is 15.7. The van der Waals surface area contributed by atoms with E-state index in [-0.39, 0.29) is 5.69 Å². The van der Waals surface area contributed by atoms with Crippen LogP contribution >= 0.6 is 0 Å². The smallest absolute Gasteiger partial charge is 0.356 e. The maximum absolute atomic E-state index is 10.8. The van der Waals surface area contributed by atoms with Crippen LogP contribution in [0.5, 0.6) is 0 Å². The molecule has 5 heteroatoms. The molecule has 0 saturated carbocycles. The second-order valence-electron chi connectivity index (χ2n) is 5.91. The van der Waals surface area contributed by atoms with Crippen molar-refractivity contribution in [1.29, 1.82) is 0 Å². The van der Waals surface area contributed by atoms with E-state index >= 15 is 0 Å². The van der Waals surface area contributed by atoms with Crippen LogP contribution in [0.2, 0.25) is 0 Å². The second-order valence-corrected chi connectivity index (χ2v) is 5.91. The number of aromatic carboxylic acids is 1. The van der Waals surface area contributed by atoms with Crippen LogP contribution in [-0.2, 0) is 0 Å². The molecule has 1 saturated heterocycles. The lowest BCUT2D eigenvalue weighted by Crippen LogP contribution is -2.27. The van der Waals surface area contributed by atoms with E-state index in [0.29, 0.717) is 12.0 Å². The highest BCUT2D eigenvalue weighted by atomic mass is 16.4. The van der Waals surface area contributed by atoms with Crippen molar-refractivity contribution in [2.45, 2.75) is 32.2 Å². The van der Waals surface area contributed by atoms with Crippen molar-refractivity contribution >= 4 is 11.8 Å². The Morgan fingerprint density at radius 1 is 1.23 bits per heavy atom. The van der Waals surface area contributed by atoms with Crippen LogP contribution in [0.25, 0.3) is 0 Å². The number of nitrogens with zero attached hydrogens (tertiary/aromatic N) is 3. The van der Waals surface area contributed by atoms with Crippen molar-refractivity contribution in [3.8, 4) is 0 Å². The lowest BCUT2D eigenvalue weighted by Gasteiger charge is -2.22.